The molecule has 4 nitrogen and oxygen atoms in total. The molecule has 3 aromatic rings. The van der Waals surface area contributed by atoms with Crippen LogP contribution in [0.2, 0.25) is 0 Å². The monoisotopic (exact) mass is 279 g/mol. The van der Waals surface area contributed by atoms with Crippen LogP contribution in [0.1, 0.15) is 15.9 Å². The average molecular weight is 279 g/mol. The molecule has 0 bridgehead atoms. The summed E-state index contributed by atoms with van der Waals surface area (Å²) in [6, 6.07) is 14.0. The van der Waals surface area contributed by atoms with Gasteiger partial charge in [0.15, 0.2) is 17.8 Å². The molecule has 4 heteroatoms. The zero-order valence-corrected chi connectivity index (χ0v) is 11.3. The standard InChI is InChI=1S/C17H13NO3/c19-10-13-9-18(8-12-4-2-1-3-5-12)15-7-17-16(6-14(13)15)20-11-21-17/h1-7,9-10H,8,11H2. The first-order chi connectivity index (χ1) is 10.3. The zero-order chi connectivity index (χ0) is 14.2. The zero-order valence-electron chi connectivity index (χ0n) is 11.3. The molecule has 0 saturated carbocycles. The van der Waals surface area contributed by atoms with Crippen molar-refractivity contribution in [3.63, 3.8) is 0 Å². The van der Waals surface area contributed by atoms with Gasteiger partial charge in [0, 0.05) is 29.8 Å². The second-order valence-electron chi connectivity index (χ2n) is 5.04. The topological polar surface area (TPSA) is 40.5 Å². The van der Waals surface area contributed by atoms with E-state index >= 15 is 0 Å². The van der Waals surface area contributed by atoms with Gasteiger partial charge in [0.05, 0.1) is 5.52 Å². The van der Waals surface area contributed by atoms with Gasteiger partial charge in [-0.2, -0.15) is 0 Å². The third kappa shape index (κ3) is 1.96. The highest BCUT2D eigenvalue weighted by Crippen LogP contribution is 2.37. The van der Waals surface area contributed by atoms with Crippen LogP contribution in [0.5, 0.6) is 11.5 Å². The van der Waals surface area contributed by atoms with Crippen LogP contribution in [0.25, 0.3) is 10.9 Å². The molecule has 0 amide bonds. The van der Waals surface area contributed by atoms with Crippen LogP contribution in [-0.4, -0.2) is 17.6 Å². The lowest BCUT2D eigenvalue weighted by atomic mass is 10.1. The number of carbonyl (C=O) groups excluding carboxylic acids is 1. The summed E-state index contributed by atoms with van der Waals surface area (Å²) in [6.45, 7) is 0.946. The maximum absolute atomic E-state index is 11.3. The van der Waals surface area contributed by atoms with Gasteiger partial charge in [-0.05, 0) is 11.6 Å². The minimum Gasteiger partial charge on any atom is -0.454 e. The number of aromatic nitrogens is 1. The van der Waals surface area contributed by atoms with E-state index in [1.54, 1.807) is 0 Å². The Labute approximate surface area is 121 Å². The predicted octanol–water partition coefficient (Wildman–Crippen LogP) is 3.23. The molecule has 4 rings (SSSR count). The first kappa shape index (κ1) is 12.0. The lowest BCUT2D eigenvalue weighted by Gasteiger charge is -2.06. The maximum Gasteiger partial charge on any atom is 0.231 e. The summed E-state index contributed by atoms with van der Waals surface area (Å²) in [5.41, 5.74) is 2.83. The summed E-state index contributed by atoms with van der Waals surface area (Å²) < 4.78 is 12.9. The Bertz CT molecular complexity index is 821. The normalized spacial score (nSPS) is 12.8. The number of carbonyl (C=O) groups is 1. The Morgan fingerprint density at radius 3 is 2.62 bits per heavy atom. The van der Waals surface area contributed by atoms with E-state index in [0.29, 0.717) is 17.9 Å². The van der Waals surface area contributed by atoms with Crippen molar-refractivity contribution in [2.45, 2.75) is 6.54 Å². The molecule has 0 N–H and O–H groups in total. The van der Waals surface area contributed by atoms with Crippen molar-refractivity contribution in [3.8, 4) is 11.5 Å². The van der Waals surface area contributed by atoms with Crippen LogP contribution in [-0.2, 0) is 6.54 Å². The summed E-state index contributed by atoms with van der Waals surface area (Å²) in [5, 5.41) is 0.894. The number of ether oxygens (including phenoxy) is 2. The number of hydrogen-bond donors (Lipinski definition) is 0. The van der Waals surface area contributed by atoms with Gasteiger partial charge >= 0.3 is 0 Å². The fraction of sp³-hybridized carbons (Fsp3) is 0.118. The fourth-order valence-electron chi connectivity index (χ4n) is 2.71. The van der Waals surface area contributed by atoms with Gasteiger partial charge < -0.3 is 14.0 Å². The predicted molar refractivity (Wildman–Crippen MR) is 79.0 cm³/mol. The molecule has 21 heavy (non-hydrogen) atoms. The van der Waals surface area contributed by atoms with E-state index in [0.717, 1.165) is 22.9 Å². The average Bonchev–Trinajstić information content (AvgIpc) is 3.11. The van der Waals surface area contributed by atoms with Crippen molar-refractivity contribution in [2.24, 2.45) is 0 Å². The number of benzene rings is 2. The van der Waals surface area contributed by atoms with Crippen LogP contribution >= 0.6 is 0 Å². The Kier molecular flexibility index (Phi) is 2.67. The van der Waals surface area contributed by atoms with Crippen molar-refractivity contribution in [2.75, 3.05) is 6.79 Å². The second-order valence-corrected chi connectivity index (χ2v) is 5.04. The smallest absolute Gasteiger partial charge is 0.231 e. The molecule has 0 spiro atoms. The molecule has 0 unspecified atom stereocenters. The maximum atomic E-state index is 11.3. The first-order valence-corrected chi connectivity index (χ1v) is 6.77. The first-order valence-electron chi connectivity index (χ1n) is 6.77. The van der Waals surface area contributed by atoms with Crippen molar-refractivity contribution < 1.29 is 14.3 Å². The highest BCUT2D eigenvalue weighted by molar-refractivity contribution is 5.99. The molecule has 0 saturated heterocycles. The summed E-state index contributed by atoms with van der Waals surface area (Å²) in [6.07, 6.45) is 2.76. The fourth-order valence-corrected chi connectivity index (χ4v) is 2.71. The van der Waals surface area contributed by atoms with E-state index in [4.69, 9.17) is 9.47 Å². The summed E-state index contributed by atoms with van der Waals surface area (Å²) in [4.78, 5) is 11.3. The van der Waals surface area contributed by atoms with Crippen molar-refractivity contribution >= 4 is 17.2 Å². The van der Waals surface area contributed by atoms with Crippen molar-refractivity contribution in [3.05, 3.63) is 59.8 Å². The van der Waals surface area contributed by atoms with E-state index in [9.17, 15) is 4.79 Å². The number of nitrogens with zero attached hydrogens (tertiary/aromatic N) is 1. The van der Waals surface area contributed by atoms with Gasteiger partial charge in [0.1, 0.15) is 0 Å². The van der Waals surface area contributed by atoms with Gasteiger partial charge in [-0.25, -0.2) is 0 Å². The van der Waals surface area contributed by atoms with Gasteiger partial charge in [-0.3, -0.25) is 4.79 Å². The highest BCUT2D eigenvalue weighted by atomic mass is 16.7. The second kappa shape index (κ2) is 4.66. The molecule has 1 aliphatic heterocycles. The Hall–Kier alpha value is -2.75. The van der Waals surface area contributed by atoms with Crippen LogP contribution in [0.3, 0.4) is 0 Å². The minimum atomic E-state index is 0.233. The third-order valence-corrected chi connectivity index (χ3v) is 3.73. The molecule has 1 aliphatic rings. The molecule has 0 fully saturated rings. The van der Waals surface area contributed by atoms with Crippen molar-refractivity contribution in [1.29, 1.82) is 0 Å². The van der Waals surface area contributed by atoms with Crippen LogP contribution in [0, 0.1) is 0 Å². The third-order valence-electron chi connectivity index (χ3n) is 3.73. The summed E-state index contributed by atoms with van der Waals surface area (Å²) >= 11 is 0. The van der Waals surface area contributed by atoms with Gasteiger partial charge in [0.25, 0.3) is 0 Å². The Morgan fingerprint density at radius 2 is 1.86 bits per heavy atom. The summed E-state index contributed by atoms with van der Waals surface area (Å²) in [5.74, 6) is 1.43. The van der Waals surface area contributed by atoms with Crippen LogP contribution in [0.4, 0.5) is 0 Å². The SMILES string of the molecule is O=Cc1cn(Cc2ccccc2)c2cc3c(cc12)OCO3. The van der Waals surface area contributed by atoms with Gasteiger partial charge in [0.2, 0.25) is 6.79 Å². The van der Waals surface area contributed by atoms with E-state index in [1.165, 1.54) is 5.56 Å². The van der Waals surface area contributed by atoms with E-state index < -0.39 is 0 Å². The molecule has 0 atom stereocenters. The molecule has 104 valence electrons. The number of hydrogen-bond acceptors (Lipinski definition) is 3. The van der Waals surface area contributed by atoms with Gasteiger partial charge in [-0.15, -0.1) is 0 Å². The molecular weight excluding hydrogens is 266 g/mol. The lowest BCUT2D eigenvalue weighted by molar-refractivity contribution is 0.112. The Morgan fingerprint density at radius 1 is 1.10 bits per heavy atom. The Balaban J connectivity index is 1.87. The van der Waals surface area contributed by atoms with E-state index in [-0.39, 0.29) is 6.79 Å². The van der Waals surface area contributed by atoms with E-state index in [1.807, 2.05) is 36.5 Å². The molecule has 1 aromatic heterocycles. The summed E-state index contributed by atoms with van der Waals surface area (Å²) in [7, 11) is 0. The minimum absolute atomic E-state index is 0.233. The molecular formula is C17H13NO3. The van der Waals surface area contributed by atoms with Crippen LogP contribution in [0.15, 0.2) is 48.7 Å². The highest BCUT2D eigenvalue weighted by Gasteiger charge is 2.18. The number of fused-ring (bicyclic) bond motifs is 2. The molecule has 0 radical (unpaired) electrons. The number of rotatable bonds is 3. The largest absolute Gasteiger partial charge is 0.454 e. The molecule has 0 aliphatic carbocycles. The van der Waals surface area contributed by atoms with Crippen molar-refractivity contribution in [1.82, 2.24) is 4.57 Å². The van der Waals surface area contributed by atoms with Gasteiger partial charge in [-0.1, -0.05) is 30.3 Å². The lowest BCUT2D eigenvalue weighted by Crippen LogP contribution is -1.97. The molecule has 2 heterocycles. The quantitative estimate of drug-likeness (QED) is 0.691. The van der Waals surface area contributed by atoms with E-state index in [2.05, 4.69) is 16.7 Å². The molecule has 2 aromatic carbocycles. The van der Waals surface area contributed by atoms with Crippen LogP contribution < -0.4 is 9.47 Å². The number of aldehydes is 1.